The highest BCUT2D eigenvalue weighted by atomic mass is 32.1. The summed E-state index contributed by atoms with van der Waals surface area (Å²) in [6.07, 6.45) is 12.8. The molecule has 1 aromatic carbocycles. The lowest BCUT2D eigenvalue weighted by molar-refractivity contribution is -0.127. The quantitative estimate of drug-likeness (QED) is 0.247. The Morgan fingerprint density at radius 2 is 2.03 bits per heavy atom. The maximum atomic E-state index is 12.4. The molecule has 1 amide bonds. The van der Waals surface area contributed by atoms with E-state index in [-0.39, 0.29) is 23.8 Å². The third-order valence-corrected chi connectivity index (χ3v) is 7.33. The topological polar surface area (TPSA) is 66.8 Å². The second-order valence-electron chi connectivity index (χ2n) is 8.83. The molecule has 1 aliphatic heterocycles. The fourth-order valence-corrected chi connectivity index (χ4v) is 5.03. The largest absolute Gasteiger partial charge is 0.465 e. The van der Waals surface area contributed by atoms with Gasteiger partial charge in [0.2, 0.25) is 5.91 Å². The number of carbonyl (C=O) groups is 2. The van der Waals surface area contributed by atoms with E-state index in [0.29, 0.717) is 17.8 Å². The number of aliphatic hydroxyl groups excluding tert-OH is 1. The van der Waals surface area contributed by atoms with Crippen molar-refractivity contribution < 1.29 is 19.4 Å². The van der Waals surface area contributed by atoms with Crippen LogP contribution < -0.4 is 0 Å². The van der Waals surface area contributed by atoms with Crippen molar-refractivity contribution in [1.29, 1.82) is 0 Å². The van der Waals surface area contributed by atoms with E-state index in [0.717, 1.165) is 37.0 Å². The standard InChI is InChI=1S/C28H35NO4S/c1-21(9-6-7-12-22-10-4-3-5-11-22)25(30)17-14-23-15-19-27(31)29(23)20-8-13-24-16-18-26(34-24)28(32)33-2/h3-5,8,10-11,13-14,16-18,21,23,25,30H,6-7,9,12,15,19-20H2,1-2H3/b13-8?,17-14-/t21-,23-,25-/m0/s1. The molecule has 0 spiro atoms. The van der Waals surface area contributed by atoms with Gasteiger partial charge in [-0.05, 0) is 55.4 Å². The van der Waals surface area contributed by atoms with Crippen molar-refractivity contribution >= 4 is 29.3 Å². The first-order valence-electron chi connectivity index (χ1n) is 12.0. The summed E-state index contributed by atoms with van der Waals surface area (Å²) in [5.74, 6) is -0.0296. The molecule has 1 saturated heterocycles. The molecule has 0 saturated carbocycles. The molecule has 1 N–H and O–H groups in total. The van der Waals surface area contributed by atoms with Gasteiger partial charge in [-0.15, -0.1) is 11.3 Å². The van der Waals surface area contributed by atoms with E-state index in [9.17, 15) is 14.7 Å². The molecule has 2 heterocycles. The smallest absolute Gasteiger partial charge is 0.348 e. The van der Waals surface area contributed by atoms with Crippen LogP contribution >= 0.6 is 11.3 Å². The Kier molecular flexibility index (Phi) is 10.1. The van der Waals surface area contributed by atoms with E-state index in [1.165, 1.54) is 24.0 Å². The van der Waals surface area contributed by atoms with Crippen LogP contribution in [0.1, 0.15) is 59.1 Å². The molecule has 1 fully saturated rings. The van der Waals surface area contributed by atoms with Gasteiger partial charge in [0.1, 0.15) is 4.88 Å². The van der Waals surface area contributed by atoms with Crippen molar-refractivity contribution in [2.75, 3.05) is 13.7 Å². The van der Waals surface area contributed by atoms with Crippen molar-refractivity contribution in [3.05, 3.63) is 76.0 Å². The van der Waals surface area contributed by atoms with Gasteiger partial charge in [0.05, 0.1) is 19.3 Å². The number of thiophene rings is 1. The average Bonchev–Trinajstić information content (AvgIpc) is 3.47. The minimum Gasteiger partial charge on any atom is -0.465 e. The van der Waals surface area contributed by atoms with Gasteiger partial charge in [-0.3, -0.25) is 4.79 Å². The SMILES string of the molecule is COC(=O)c1ccc(C=CCN2C(=O)CC[C@@H]2/C=C\[C@H](O)[C@@H](C)CCCCc2ccccc2)s1. The van der Waals surface area contributed by atoms with Crippen LogP contribution in [0.25, 0.3) is 6.08 Å². The molecule has 5 nitrogen and oxygen atoms in total. The Hall–Kier alpha value is -2.70. The first-order chi connectivity index (χ1) is 16.5. The molecule has 6 heteroatoms. The second-order valence-corrected chi connectivity index (χ2v) is 9.95. The van der Waals surface area contributed by atoms with Crippen LogP contribution in [0, 0.1) is 5.92 Å². The van der Waals surface area contributed by atoms with Crippen LogP contribution in [0.4, 0.5) is 0 Å². The summed E-state index contributed by atoms with van der Waals surface area (Å²) in [6, 6.07) is 14.1. The van der Waals surface area contributed by atoms with Gasteiger partial charge < -0.3 is 14.7 Å². The zero-order valence-corrected chi connectivity index (χ0v) is 20.9. The predicted octanol–water partition coefficient (Wildman–Crippen LogP) is 5.51. The number of benzene rings is 1. The third-order valence-electron chi connectivity index (χ3n) is 6.30. The highest BCUT2D eigenvalue weighted by molar-refractivity contribution is 7.14. The van der Waals surface area contributed by atoms with Crippen molar-refractivity contribution in [3.63, 3.8) is 0 Å². The number of methoxy groups -OCH3 is 1. The molecule has 0 unspecified atom stereocenters. The van der Waals surface area contributed by atoms with Crippen LogP contribution in [0.5, 0.6) is 0 Å². The predicted molar refractivity (Wildman–Crippen MR) is 138 cm³/mol. The molecule has 1 aromatic heterocycles. The molecule has 3 rings (SSSR count). The Labute approximate surface area is 206 Å². The van der Waals surface area contributed by atoms with E-state index in [4.69, 9.17) is 4.74 Å². The van der Waals surface area contributed by atoms with Crippen LogP contribution in [0.15, 0.2) is 60.7 Å². The Bertz CT molecular complexity index is 981. The summed E-state index contributed by atoms with van der Waals surface area (Å²) in [5.41, 5.74) is 1.36. The van der Waals surface area contributed by atoms with Gasteiger partial charge >= 0.3 is 5.97 Å². The second kappa shape index (κ2) is 13.3. The number of hydrogen-bond donors (Lipinski definition) is 1. The van der Waals surface area contributed by atoms with Crippen LogP contribution in [-0.4, -0.2) is 47.7 Å². The average molecular weight is 482 g/mol. The Morgan fingerprint density at radius 1 is 1.24 bits per heavy atom. The minimum atomic E-state index is -0.507. The highest BCUT2D eigenvalue weighted by Gasteiger charge is 2.28. The van der Waals surface area contributed by atoms with E-state index in [1.807, 2.05) is 41.3 Å². The summed E-state index contributed by atoms with van der Waals surface area (Å²) in [6.45, 7) is 2.59. The van der Waals surface area contributed by atoms with E-state index >= 15 is 0 Å². The summed E-state index contributed by atoms with van der Waals surface area (Å²) in [5, 5.41) is 10.6. The van der Waals surface area contributed by atoms with Crippen molar-refractivity contribution in [1.82, 2.24) is 4.90 Å². The van der Waals surface area contributed by atoms with Gasteiger partial charge in [-0.25, -0.2) is 4.79 Å². The van der Waals surface area contributed by atoms with E-state index in [1.54, 1.807) is 6.07 Å². The maximum absolute atomic E-state index is 12.4. The number of likely N-dealkylation sites (tertiary alicyclic amines) is 1. The molecular formula is C28H35NO4S. The van der Waals surface area contributed by atoms with Gasteiger partial charge in [0.15, 0.2) is 0 Å². The van der Waals surface area contributed by atoms with Gasteiger partial charge in [0, 0.05) is 17.8 Å². The fourth-order valence-electron chi connectivity index (χ4n) is 4.17. The fraction of sp³-hybridized carbons (Fsp3) is 0.429. The summed E-state index contributed by atoms with van der Waals surface area (Å²) in [4.78, 5) is 27.3. The van der Waals surface area contributed by atoms with Crippen molar-refractivity contribution in [2.45, 2.75) is 57.6 Å². The molecule has 3 atom stereocenters. The van der Waals surface area contributed by atoms with Crippen LogP contribution in [0.3, 0.4) is 0 Å². The lowest BCUT2D eigenvalue weighted by atomic mass is 9.95. The van der Waals surface area contributed by atoms with Crippen LogP contribution in [-0.2, 0) is 16.0 Å². The highest BCUT2D eigenvalue weighted by Crippen LogP contribution is 2.23. The molecule has 182 valence electrons. The third kappa shape index (κ3) is 7.67. The lowest BCUT2D eigenvalue weighted by Crippen LogP contribution is -2.32. The number of unbranched alkanes of at least 4 members (excludes halogenated alkanes) is 1. The maximum Gasteiger partial charge on any atom is 0.348 e. The number of carbonyl (C=O) groups excluding carboxylic acids is 2. The summed E-state index contributed by atoms with van der Waals surface area (Å²) in [7, 11) is 1.37. The monoisotopic (exact) mass is 481 g/mol. The number of rotatable bonds is 12. The van der Waals surface area contributed by atoms with Gasteiger partial charge in [-0.2, -0.15) is 0 Å². The number of nitrogens with zero attached hydrogens (tertiary/aromatic N) is 1. The molecule has 34 heavy (non-hydrogen) atoms. The number of amides is 1. The zero-order chi connectivity index (χ0) is 24.3. The van der Waals surface area contributed by atoms with Gasteiger partial charge in [0.25, 0.3) is 0 Å². The molecular weight excluding hydrogens is 446 g/mol. The number of ether oxygens (including phenoxy) is 1. The Balaban J connectivity index is 1.44. The Morgan fingerprint density at radius 3 is 2.79 bits per heavy atom. The molecule has 2 aromatic rings. The summed E-state index contributed by atoms with van der Waals surface area (Å²) >= 11 is 1.36. The molecule has 0 aliphatic carbocycles. The zero-order valence-electron chi connectivity index (χ0n) is 20.1. The molecule has 0 radical (unpaired) electrons. The number of hydrogen-bond acceptors (Lipinski definition) is 5. The van der Waals surface area contributed by atoms with Gasteiger partial charge in [-0.1, -0.05) is 61.9 Å². The molecule has 1 aliphatic rings. The van der Waals surface area contributed by atoms with Crippen molar-refractivity contribution in [3.8, 4) is 0 Å². The normalized spacial score (nSPS) is 18.1. The number of aryl methyl sites for hydroxylation is 1. The van der Waals surface area contributed by atoms with Crippen LogP contribution in [0.2, 0.25) is 0 Å². The van der Waals surface area contributed by atoms with E-state index in [2.05, 4.69) is 31.2 Å². The van der Waals surface area contributed by atoms with Crippen molar-refractivity contribution in [2.24, 2.45) is 5.92 Å². The number of aliphatic hydroxyl groups is 1. The first kappa shape index (κ1) is 25.9. The minimum absolute atomic E-state index is 0.00560. The number of esters is 1. The molecule has 0 bridgehead atoms. The summed E-state index contributed by atoms with van der Waals surface area (Å²) < 4.78 is 4.74. The van der Waals surface area contributed by atoms with E-state index < -0.39 is 6.10 Å². The lowest BCUT2D eigenvalue weighted by Gasteiger charge is -2.22. The first-order valence-corrected chi connectivity index (χ1v) is 12.8.